The Morgan fingerprint density at radius 1 is 1.33 bits per heavy atom. The third-order valence-electron chi connectivity index (χ3n) is 5.55. The predicted octanol–water partition coefficient (Wildman–Crippen LogP) is 2.31. The van der Waals surface area contributed by atoms with E-state index in [0.717, 1.165) is 11.4 Å². The number of piperidine rings is 2. The van der Waals surface area contributed by atoms with Crippen molar-refractivity contribution in [3.8, 4) is 5.75 Å². The fraction of sp³-hybridized carbons (Fsp3) is 0.500. The molecule has 1 amide bonds. The van der Waals surface area contributed by atoms with Crippen molar-refractivity contribution in [3.63, 3.8) is 0 Å². The van der Waals surface area contributed by atoms with Crippen LogP contribution in [0.3, 0.4) is 0 Å². The van der Waals surface area contributed by atoms with E-state index in [1.165, 1.54) is 0 Å². The van der Waals surface area contributed by atoms with Gasteiger partial charge in [-0.2, -0.15) is 13.2 Å². The van der Waals surface area contributed by atoms with Crippen molar-refractivity contribution in [2.45, 2.75) is 38.0 Å². The van der Waals surface area contributed by atoms with Crippen molar-refractivity contribution in [1.29, 1.82) is 5.41 Å². The molecule has 0 radical (unpaired) electrons. The molecule has 3 rings (SSSR count). The first-order valence-corrected chi connectivity index (χ1v) is 9.72. The second-order valence-electron chi connectivity index (χ2n) is 7.48. The average molecular weight is 426 g/mol. The highest BCUT2D eigenvalue weighted by Gasteiger charge is 2.61. The first-order valence-electron chi connectivity index (χ1n) is 9.72. The standard InChI is InChI=1S/C20H25F3N4O3/c1-2-30-14-5-3-13(4-6-14)27-9-7-12(8-10-27)17(24)16-18(25)26-15(28)11-19(16,29)20(21,22)23/h3-6,12,29H,2,7-11,24H2,1H3,(H2,25,26,28). The summed E-state index contributed by atoms with van der Waals surface area (Å²) in [6.45, 7) is 3.57. The monoisotopic (exact) mass is 426 g/mol. The minimum absolute atomic E-state index is 0.189. The van der Waals surface area contributed by atoms with E-state index >= 15 is 0 Å². The fourth-order valence-corrected chi connectivity index (χ4v) is 3.97. The van der Waals surface area contributed by atoms with Gasteiger partial charge in [-0.05, 0) is 44.0 Å². The zero-order valence-electron chi connectivity index (χ0n) is 16.6. The molecule has 1 unspecified atom stereocenters. The smallest absolute Gasteiger partial charge is 0.422 e. The van der Waals surface area contributed by atoms with Gasteiger partial charge in [-0.3, -0.25) is 10.2 Å². The summed E-state index contributed by atoms with van der Waals surface area (Å²) in [7, 11) is 0. The number of amides is 1. The van der Waals surface area contributed by atoms with Crippen molar-refractivity contribution in [3.05, 3.63) is 35.5 Å². The van der Waals surface area contributed by atoms with Gasteiger partial charge in [-0.1, -0.05) is 0 Å². The summed E-state index contributed by atoms with van der Waals surface area (Å²) in [4.78, 5) is 13.6. The number of aliphatic hydroxyl groups is 1. The van der Waals surface area contributed by atoms with Gasteiger partial charge in [-0.15, -0.1) is 0 Å². The molecule has 2 aliphatic heterocycles. The van der Waals surface area contributed by atoms with E-state index < -0.39 is 41.4 Å². The SMILES string of the molecule is CCOc1ccc(N2CCC(C(N)=C3C(=N)NC(=O)CC3(O)C(F)(F)F)CC2)cc1. The molecule has 0 aliphatic carbocycles. The molecule has 2 heterocycles. The van der Waals surface area contributed by atoms with E-state index in [9.17, 15) is 23.1 Å². The lowest BCUT2D eigenvalue weighted by atomic mass is 9.79. The van der Waals surface area contributed by atoms with E-state index in [0.29, 0.717) is 32.5 Å². The van der Waals surface area contributed by atoms with E-state index in [4.69, 9.17) is 15.9 Å². The number of hydrogen-bond donors (Lipinski definition) is 4. The number of halogens is 3. The Morgan fingerprint density at radius 3 is 2.47 bits per heavy atom. The minimum Gasteiger partial charge on any atom is -0.494 e. The number of carbonyl (C=O) groups is 1. The van der Waals surface area contributed by atoms with E-state index in [-0.39, 0.29) is 5.70 Å². The number of amidine groups is 1. The number of anilines is 1. The second-order valence-corrected chi connectivity index (χ2v) is 7.48. The first-order chi connectivity index (χ1) is 14.1. The zero-order chi connectivity index (χ0) is 22.1. The summed E-state index contributed by atoms with van der Waals surface area (Å²) in [5.41, 5.74) is 2.64. The second kappa shape index (κ2) is 8.17. The molecule has 10 heteroatoms. The van der Waals surface area contributed by atoms with Gasteiger partial charge >= 0.3 is 6.18 Å². The number of nitrogens with one attached hydrogen (secondary N) is 2. The van der Waals surface area contributed by atoms with Crippen LogP contribution in [-0.2, 0) is 4.79 Å². The third-order valence-corrected chi connectivity index (χ3v) is 5.55. The van der Waals surface area contributed by atoms with Gasteiger partial charge in [0, 0.05) is 30.4 Å². The number of nitrogens with zero attached hydrogens (tertiary/aromatic N) is 1. The van der Waals surface area contributed by atoms with Crippen molar-refractivity contribution in [2.75, 3.05) is 24.6 Å². The van der Waals surface area contributed by atoms with Crippen LogP contribution < -0.4 is 20.7 Å². The number of allylic oxidation sites excluding steroid dienone is 1. The van der Waals surface area contributed by atoms with Crippen molar-refractivity contribution in [1.82, 2.24) is 5.32 Å². The maximum Gasteiger partial charge on any atom is 0.422 e. The van der Waals surface area contributed by atoms with Gasteiger partial charge in [0.2, 0.25) is 5.91 Å². The normalized spacial score (nSPS) is 25.2. The zero-order valence-corrected chi connectivity index (χ0v) is 16.6. The van der Waals surface area contributed by atoms with Crippen LogP contribution in [0.1, 0.15) is 26.2 Å². The van der Waals surface area contributed by atoms with E-state index in [1.54, 1.807) is 0 Å². The molecule has 1 aromatic rings. The summed E-state index contributed by atoms with van der Waals surface area (Å²) in [6, 6.07) is 7.55. The molecule has 2 aliphatic rings. The molecule has 0 aromatic heterocycles. The minimum atomic E-state index is -5.12. The average Bonchev–Trinajstić information content (AvgIpc) is 2.67. The highest BCUT2D eigenvalue weighted by atomic mass is 19.4. The lowest BCUT2D eigenvalue weighted by Crippen LogP contribution is -2.59. The van der Waals surface area contributed by atoms with Crippen LogP contribution in [0.5, 0.6) is 5.75 Å². The molecule has 164 valence electrons. The summed E-state index contributed by atoms with van der Waals surface area (Å²) < 4.78 is 46.2. The molecule has 30 heavy (non-hydrogen) atoms. The number of carbonyl (C=O) groups excluding carboxylic acids is 1. The molecule has 5 N–H and O–H groups in total. The highest BCUT2D eigenvalue weighted by molar-refractivity contribution is 6.11. The van der Waals surface area contributed by atoms with Crippen LogP contribution in [0.25, 0.3) is 0 Å². The Morgan fingerprint density at radius 2 is 1.93 bits per heavy atom. The molecule has 2 fully saturated rings. The Bertz CT molecular complexity index is 846. The maximum atomic E-state index is 13.6. The van der Waals surface area contributed by atoms with Gasteiger partial charge in [-0.25, -0.2) is 0 Å². The first kappa shape index (κ1) is 21.9. The van der Waals surface area contributed by atoms with Crippen molar-refractivity contribution in [2.24, 2.45) is 11.7 Å². The quantitative estimate of drug-likeness (QED) is 0.590. The number of nitrogens with two attached hydrogens (primary N) is 1. The highest BCUT2D eigenvalue weighted by Crippen LogP contribution is 2.43. The van der Waals surface area contributed by atoms with Gasteiger partial charge in [0.05, 0.1) is 18.6 Å². The molecule has 0 spiro atoms. The van der Waals surface area contributed by atoms with Gasteiger partial charge < -0.3 is 25.8 Å². The Kier molecular flexibility index (Phi) is 5.98. The predicted molar refractivity (Wildman–Crippen MR) is 105 cm³/mol. The molecule has 0 bridgehead atoms. The molecular weight excluding hydrogens is 401 g/mol. The van der Waals surface area contributed by atoms with E-state index in [2.05, 4.69) is 10.2 Å². The van der Waals surface area contributed by atoms with Crippen molar-refractivity contribution < 1.29 is 27.8 Å². The summed E-state index contributed by atoms with van der Waals surface area (Å²) >= 11 is 0. The molecule has 1 aromatic carbocycles. The Labute approximate surface area is 172 Å². The number of ether oxygens (including phenoxy) is 1. The van der Waals surface area contributed by atoms with Gasteiger partial charge in [0.15, 0.2) is 5.60 Å². The summed E-state index contributed by atoms with van der Waals surface area (Å²) in [5, 5.41) is 20.2. The van der Waals surface area contributed by atoms with Crippen LogP contribution in [-0.4, -0.2) is 48.3 Å². The van der Waals surface area contributed by atoms with Crippen LogP contribution in [0, 0.1) is 11.3 Å². The third kappa shape index (κ3) is 4.09. The Hall–Kier alpha value is -2.75. The number of benzene rings is 1. The molecule has 7 nitrogen and oxygen atoms in total. The Balaban J connectivity index is 1.78. The summed E-state index contributed by atoms with van der Waals surface area (Å²) in [6.07, 6.45) is -5.42. The summed E-state index contributed by atoms with van der Waals surface area (Å²) in [5.74, 6) is -1.54. The van der Waals surface area contributed by atoms with Crippen LogP contribution >= 0.6 is 0 Å². The number of alkyl halides is 3. The van der Waals surface area contributed by atoms with E-state index in [1.807, 2.05) is 31.2 Å². The molecule has 2 saturated heterocycles. The van der Waals surface area contributed by atoms with Gasteiger partial charge in [0.1, 0.15) is 11.6 Å². The van der Waals surface area contributed by atoms with Crippen LogP contribution in [0.15, 0.2) is 35.5 Å². The molecule has 0 saturated carbocycles. The molecular formula is C20H25F3N4O3. The number of hydrogen-bond acceptors (Lipinski definition) is 6. The van der Waals surface area contributed by atoms with Crippen molar-refractivity contribution >= 4 is 17.4 Å². The lowest BCUT2D eigenvalue weighted by molar-refractivity contribution is -0.244. The number of rotatable bonds is 4. The maximum absolute atomic E-state index is 13.6. The molecule has 1 atom stereocenters. The van der Waals surface area contributed by atoms with Crippen LogP contribution in [0.2, 0.25) is 0 Å². The lowest BCUT2D eigenvalue weighted by Gasteiger charge is -2.40. The van der Waals surface area contributed by atoms with Crippen LogP contribution in [0.4, 0.5) is 18.9 Å². The fourth-order valence-electron chi connectivity index (χ4n) is 3.97. The largest absolute Gasteiger partial charge is 0.494 e. The topological polar surface area (TPSA) is 112 Å². The van der Waals surface area contributed by atoms with Gasteiger partial charge in [0.25, 0.3) is 0 Å².